The van der Waals surface area contributed by atoms with Crippen LogP contribution in [-0.4, -0.2) is 5.91 Å². The molecule has 0 unspecified atom stereocenters. The first-order valence-corrected chi connectivity index (χ1v) is 7.53. The molecule has 0 bridgehead atoms. The third kappa shape index (κ3) is 4.58. The first kappa shape index (κ1) is 17.5. The van der Waals surface area contributed by atoms with Crippen molar-refractivity contribution in [3.8, 4) is 6.07 Å². The molecule has 4 nitrogen and oxygen atoms in total. The van der Waals surface area contributed by atoms with E-state index >= 15 is 0 Å². The van der Waals surface area contributed by atoms with E-state index < -0.39 is 5.91 Å². The van der Waals surface area contributed by atoms with Gasteiger partial charge in [-0.1, -0.05) is 29.8 Å². The van der Waals surface area contributed by atoms with Gasteiger partial charge in [0.2, 0.25) is 0 Å². The predicted molar refractivity (Wildman–Crippen MR) is 91.8 cm³/mol. The van der Waals surface area contributed by atoms with Crippen LogP contribution in [0, 0.1) is 24.1 Å². The Morgan fingerprint density at radius 3 is 2.79 bits per heavy atom. The molecule has 122 valence electrons. The molecule has 24 heavy (non-hydrogen) atoms. The molecule has 2 aromatic rings. The second-order valence-electron chi connectivity index (χ2n) is 5.05. The maximum atomic E-state index is 13.1. The van der Waals surface area contributed by atoms with Gasteiger partial charge < -0.3 is 10.6 Å². The molecular formula is C18H15ClFN3O. The van der Waals surface area contributed by atoms with E-state index in [1.807, 2.05) is 6.07 Å². The number of nitrogens with one attached hydrogen (secondary N) is 2. The second kappa shape index (κ2) is 8.14. The summed E-state index contributed by atoms with van der Waals surface area (Å²) in [5, 5.41) is 15.1. The van der Waals surface area contributed by atoms with Crippen LogP contribution in [0.5, 0.6) is 0 Å². The van der Waals surface area contributed by atoms with E-state index in [2.05, 4.69) is 10.6 Å². The summed E-state index contributed by atoms with van der Waals surface area (Å²) in [5.41, 5.74) is 1.87. The van der Waals surface area contributed by atoms with Gasteiger partial charge in [-0.15, -0.1) is 0 Å². The molecule has 0 radical (unpaired) electrons. The lowest BCUT2D eigenvalue weighted by molar-refractivity contribution is -0.112. The van der Waals surface area contributed by atoms with E-state index in [1.165, 1.54) is 18.3 Å². The van der Waals surface area contributed by atoms with Gasteiger partial charge in [-0.25, -0.2) is 4.39 Å². The number of hydrogen-bond donors (Lipinski definition) is 2. The third-order valence-electron chi connectivity index (χ3n) is 3.32. The Morgan fingerprint density at radius 1 is 1.33 bits per heavy atom. The molecule has 0 atom stereocenters. The Morgan fingerprint density at radius 2 is 2.08 bits per heavy atom. The average Bonchev–Trinajstić information content (AvgIpc) is 2.56. The molecule has 0 spiro atoms. The smallest absolute Gasteiger partial charge is 0.267 e. The standard InChI is InChI=1S/C18H15ClFN3O/c1-12-16(19)6-3-7-17(12)23-18(24)14(9-21)11-22-10-13-4-2-5-15(20)8-13/h2-8,11,22H,10H2,1H3,(H,23,24)/b14-11-. The van der Waals surface area contributed by atoms with Crippen LogP contribution in [0.1, 0.15) is 11.1 Å². The number of amides is 1. The van der Waals surface area contributed by atoms with Gasteiger partial charge in [0.25, 0.3) is 5.91 Å². The van der Waals surface area contributed by atoms with Gasteiger partial charge in [-0.2, -0.15) is 5.26 Å². The molecule has 0 aliphatic heterocycles. The molecule has 0 fully saturated rings. The van der Waals surface area contributed by atoms with Gasteiger partial charge in [-0.3, -0.25) is 4.79 Å². The number of hydrogen-bond acceptors (Lipinski definition) is 3. The van der Waals surface area contributed by atoms with Crippen LogP contribution in [0.4, 0.5) is 10.1 Å². The quantitative estimate of drug-likeness (QED) is 0.638. The zero-order valence-electron chi connectivity index (χ0n) is 12.9. The summed E-state index contributed by atoms with van der Waals surface area (Å²) in [5.74, 6) is -0.887. The minimum atomic E-state index is -0.547. The Balaban J connectivity index is 2.03. The summed E-state index contributed by atoms with van der Waals surface area (Å²) in [7, 11) is 0. The highest BCUT2D eigenvalue weighted by atomic mass is 35.5. The maximum absolute atomic E-state index is 13.1. The summed E-state index contributed by atoms with van der Waals surface area (Å²) in [4.78, 5) is 12.2. The summed E-state index contributed by atoms with van der Waals surface area (Å²) in [6.45, 7) is 2.07. The summed E-state index contributed by atoms with van der Waals surface area (Å²) in [6.07, 6.45) is 1.31. The second-order valence-corrected chi connectivity index (χ2v) is 5.45. The highest BCUT2D eigenvalue weighted by molar-refractivity contribution is 6.31. The molecule has 0 saturated carbocycles. The number of anilines is 1. The number of carbonyl (C=O) groups excluding carboxylic acids is 1. The monoisotopic (exact) mass is 343 g/mol. The molecule has 2 rings (SSSR count). The molecule has 2 aromatic carbocycles. The van der Waals surface area contributed by atoms with Crippen molar-refractivity contribution in [2.75, 3.05) is 5.32 Å². The lowest BCUT2D eigenvalue weighted by atomic mass is 10.2. The SMILES string of the molecule is Cc1c(Cl)cccc1NC(=O)/C(C#N)=C\NCc1cccc(F)c1. The van der Waals surface area contributed by atoms with Crippen LogP contribution in [0.2, 0.25) is 5.02 Å². The number of halogens is 2. The zero-order chi connectivity index (χ0) is 17.5. The lowest BCUT2D eigenvalue weighted by Gasteiger charge is -2.09. The normalized spacial score (nSPS) is 10.8. The largest absolute Gasteiger partial charge is 0.386 e. The van der Waals surface area contributed by atoms with Crippen LogP contribution in [0.15, 0.2) is 54.2 Å². The highest BCUT2D eigenvalue weighted by Crippen LogP contribution is 2.23. The van der Waals surface area contributed by atoms with Crippen LogP contribution in [-0.2, 0) is 11.3 Å². The maximum Gasteiger partial charge on any atom is 0.267 e. The first-order valence-electron chi connectivity index (χ1n) is 7.16. The number of rotatable bonds is 5. The lowest BCUT2D eigenvalue weighted by Crippen LogP contribution is -2.17. The molecule has 6 heteroatoms. The molecule has 0 aromatic heterocycles. The van der Waals surface area contributed by atoms with Gasteiger partial charge in [0, 0.05) is 23.5 Å². The Bertz CT molecular complexity index is 827. The number of nitrogens with zero attached hydrogens (tertiary/aromatic N) is 1. The van der Waals surface area contributed by atoms with Crippen molar-refractivity contribution in [3.05, 3.63) is 76.2 Å². The minimum Gasteiger partial charge on any atom is -0.386 e. The highest BCUT2D eigenvalue weighted by Gasteiger charge is 2.11. The van der Waals surface area contributed by atoms with E-state index in [1.54, 1.807) is 37.3 Å². The van der Waals surface area contributed by atoms with Crippen molar-refractivity contribution in [2.45, 2.75) is 13.5 Å². The molecule has 2 N–H and O–H groups in total. The average molecular weight is 344 g/mol. The number of nitriles is 1. The van der Waals surface area contributed by atoms with Crippen LogP contribution >= 0.6 is 11.6 Å². The van der Waals surface area contributed by atoms with Crippen molar-refractivity contribution in [1.29, 1.82) is 5.26 Å². The van der Waals surface area contributed by atoms with Crippen molar-refractivity contribution < 1.29 is 9.18 Å². The first-order chi connectivity index (χ1) is 11.5. The van der Waals surface area contributed by atoms with Crippen molar-refractivity contribution in [1.82, 2.24) is 5.32 Å². The number of benzene rings is 2. The van der Waals surface area contributed by atoms with E-state index in [9.17, 15) is 9.18 Å². The minimum absolute atomic E-state index is 0.0919. The van der Waals surface area contributed by atoms with E-state index in [-0.39, 0.29) is 11.4 Å². The van der Waals surface area contributed by atoms with Gasteiger partial charge in [0.05, 0.1) is 0 Å². The van der Waals surface area contributed by atoms with Crippen molar-refractivity contribution in [2.24, 2.45) is 0 Å². The topological polar surface area (TPSA) is 64.9 Å². The molecule has 0 aliphatic carbocycles. The summed E-state index contributed by atoms with van der Waals surface area (Å²) < 4.78 is 13.1. The molecule has 0 heterocycles. The fraction of sp³-hybridized carbons (Fsp3) is 0.111. The molecule has 0 saturated heterocycles. The summed E-state index contributed by atoms with van der Waals surface area (Å²) in [6, 6.07) is 13.0. The summed E-state index contributed by atoms with van der Waals surface area (Å²) >= 11 is 6.00. The van der Waals surface area contributed by atoms with Gasteiger partial charge in [0.15, 0.2) is 0 Å². The van der Waals surface area contributed by atoms with Gasteiger partial charge in [0.1, 0.15) is 17.5 Å². The van der Waals surface area contributed by atoms with Crippen LogP contribution < -0.4 is 10.6 Å². The third-order valence-corrected chi connectivity index (χ3v) is 3.73. The van der Waals surface area contributed by atoms with E-state index in [4.69, 9.17) is 16.9 Å². The predicted octanol–water partition coefficient (Wildman–Crippen LogP) is 3.92. The van der Waals surface area contributed by atoms with Crippen LogP contribution in [0.25, 0.3) is 0 Å². The Labute approximate surface area is 144 Å². The van der Waals surface area contributed by atoms with Gasteiger partial charge in [-0.05, 0) is 42.3 Å². The fourth-order valence-corrected chi connectivity index (χ4v) is 2.17. The van der Waals surface area contributed by atoms with Crippen molar-refractivity contribution in [3.63, 3.8) is 0 Å². The Kier molecular flexibility index (Phi) is 5.94. The molecule has 1 amide bonds. The zero-order valence-corrected chi connectivity index (χ0v) is 13.7. The van der Waals surface area contributed by atoms with Gasteiger partial charge >= 0.3 is 0 Å². The molecule has 0 aliphatic rings. The molecular weight excluding hydrogens is 329 g/mol. The number of carbonyl (C=O) groups is 1. The Hall–Kier alpha value is -2.84. The van der Waals surface area contributed by atoms with Crippen molar-refractivity contribution >= 4 is 23.2 Å². The van der Waals surface area contributed by atoms with E-state index in [0.29, 0.717) is 22.8 Å². The fourth-order valence-electron chi connectivity index (χ4n) is 2.00. The van der Waals surface area contributed by atoms with E-state index in [0.717, 1.165) is 5.56 Å². The van der Waals surface area contributed by atoms with Crippen LogP contribution in [0.3, 0.4) is 0 Å².